The summed E-state index contributed by atoms with van der Waals surface area (Å²) < 4.78 is 5.70. The van der Waals surface area contributed by atoms with Gasteiger partial charge < -0.3 is 4.74 Å². The normalized spacial score (nSPS) is 26.9. The van der Waals surface area contributed by atoms with E-state index in [1.807, 2.05) is 13.8 Å². The fourth-order valence-corrected chi connectivity index (χ4v) is 2.58. The van der Waals surface area contributed by atoms with Crippen LogP contribution in [0.15, 0.2) is 0 Å². The van der Waals surface area contributed by atoms with Gasteiger partial charge in [-0.15, -0.1) is 0 Å². The van der Waals surface area contributed by atoms with Crippen molar-refractivity contribution < 1.29 is 42.2 Å². The number of hydrogen-bond acceptors (Lipinski definition) is 2. The Morgan fingerprint density at radius 2 is 2.06 bits per heavy atom. The van der Waals surface area contributed by atoms with E-state index in [9.17, 15) is 4.79 Å². The van der Waals surface area contributed by atoms with Crippen molar-refractivity contribution in [3.8, 4) is 0 Å². The van der Waals surface area contributed by atoms with Crippen LogP contribution in [0.1, 0.15) is 60.3 Å². The van der Waals surface area contributed by atoms with Crippen LogP contribution in [0.5, 0.6) is 0 Å². The minimum Gasteiger partial charge on any atom is -0.484 e. The third-order valence-corrected chi connectivity index (χ3v) is 3.88. The maximum atomic E-state index is 11.8. The summed E-state index contributed by atoms with van der Waals surface area (Å²) in [6.45, 7) is 10.5. The Labute approximate surface area is 131 Å². The Balaban J connectivity index is 0.00000256. The summed E-state index contributed by atoms with van der Waals surface area (Å²) in [5.74, 6) is 1.21. The van der Waals surface area contributed by atoms with E-state index in [1.54, 1.807) is 0 Å². The van der Waals surface area contributed by atoms with Gasteiger partial charge in [0.15, 0.2) is 5.97 Å². The second-order valence-electron chi connectivity index (χ2n) is 5.82. The summed E-state index contributed by atoms with van der Waals surface area (Å²) in [4.78, 5) is 11.8. The van der Waals surface area contributed by atoms with Gasteiger partial charge in [0.05, 0.1) is 0 Å². The Kier molecular flexibility index (Phi) is 7.32. The fraction of sp³-hybridized carbons (Fsp3) is 0.857. The number of esters is 1. The van der Waals surface area contributed by atoms with E-state index >= 15 is 0 Å². The zero-order chi connectivity index (χ0) is 12.3. The van der Waals surface area contributed by atoms with E-state index in [1.165, 1.54) is 12.8 Å². The first kappa shape index (κ1) is 17.4. The monoisotopic (exact) mass is 314 g/mol. The molecule has 97 valence electrons. The molecule has 3 heteroatoms. The second-order valence-corrected chi connectivity index (χ2v) is 5.82. The first-order valence-electron chi connectivity index (χ1n) is 6.42. The van der Waals surface area contributed by atoms with E-state index in [-0.39, 0.29) is 50.2 Å². The minimum atomic E-state index is -0.102. The van der Waals surface area contributed by atoms with Crippen molar-refractivity contribution in [3.63, 3.8) is 0 Å². The third kappa shape index (κ3) is 4.55. The summed E-state index contributed by atoms with van der Waals surface area (Å²) in [6, 6.07) is 0. The van der Waals surface area contributed by atoms with Crippen LogP contribution < -0.4 is 0 Å². The van der Waals surface area contributed by atoms with Gasteiger partial charge in [-0.25, -0.2) is 0 Å². The first-order chi connectivity index (χ1) is 7.38. The average molecular weight is 314 g/mol. The van der Waals surface area contributed by atoms with E-state index in [4.69, 9.17) is 4.74 Å². The summed E-state index contributed by atoms with van der Waals surface area (Å²) in [5.41, 5.74) is 0.126. The Hall–Kier alpha value is 0.444. The molecule has 0 heterocycles. The van der Waals surface area contributed by atoms with Crippen molar-refractivity contribution in [3.05, 3.63) is 5.92 Å². The van der Waals surface area contributed by atoms with Crippen molar-refractivity contribution in [2.75, 3.05) is 0 Å². The standard InChI is InChI=1S/C14H25O2.Y/c1-6-10(2)13(15)16-12-11(3)8-7-9-14(12,4)5;/h11-12H,6-9H2,1-5H3;/q-1;. The molecule has 2 atom stereocenters. The van der Waals surface area contributed by atoms with Gasteiger partial charge in [0.25, 0.3) is 0 Å². The molecule has 2 unspecified atom stereocenters. The number of hydrogen-bond donors (Lipinski definition) is 0. The Bertz CT molecular complexity index is 251. The van der Waals surface area contributed by atoms with Crippen LogP contribution in [0.4, 0.5) is 0 Å². The molecule has 0 aromatic carbocycles. The SMILES string of the molecule is CC[C-](C)C(=O)OC1C(C)CCCC1(C)C.[Y]. The van der Waals surface area contributed by atoms with E-state index in [2.05, 4.69) is 20.8 Å². The molecule has 1 aliphatic rings. The van der Waals surface area contributed by atoms with Crippen molar-refractivity contribution in [1.82, 2.24) is 0 Å². The quantitative estimate of drug-likeness (QED) is 0.586. The van der Waals surface area contributed by atoms with Crippen molar-refractivity contribution in [1.29, 1.82) is 0 Å². The van der Waals surface area contributed by atoms with E-state index in [0.717, 1.165) is 18.8 Å². The molecule has 2 nitrogen and oxygen atoms in total. The fourth-order valence-electron chi connectivity index (χ4n) is 2.58. The molecule has 1 rings (SSSR count). The smallest absolute Gasteiger partial charge is 0.170 e. The van der Waals surface area contributed by atoms with Gasteiger partial charge in [0.2, 0.25) is 0 Å². The average Bonchev–Trinajstić information content (AvgIpc) is 2.21. The molecule has 0 spiro atoms. The summed E-state index contributed by atoms with van der Waals surface area (Å²) in [7, 11) is 0. The third-order valence-electron chi connectivity index (χ3n) is 3.88. The maximum absolute atomic E-state index is 11.8. The van der Waals surface area contributed by atoms with E-state index in [0.29, 0.717) is 5.92 Å². The van der Waals surface area contributed by atoms with Gasteiger partial charge in [-0.05, 0) is 18.8 Å². The molecule has 1 fully saturated rings. The van der Waals surface area contributed by atoms with Crippen molar-refractivity contribution in [2.45, 2.75) is 66.4 Å². The van der Waals surface area contributed by atoms with Crippen LogP contribution in [0.2, 0.25) is 0 Å². The van der Waals surface area contributed by atoms with Crippen LogP contribution in [0, 0.1) is 17.3 Å². The first-order valence-corrected chi connectivity index (χ1v) is 6.42. The Morgan fingerprint density at radius 3 is 2.53 bits per heavy atom. The topological polar surface area (TPSA) is 26.3 Å². The van der Waals surface area contributed by atoms with Crippen LogP contribution >= 0.6 is 0 Å². The molecule has 1 aliphatic carbocycles. The van der Waals surface area contributed by atoms with Crippen LogP contribution in [0.25, 0.3) is 0 Å². The van der Waals surface area contributed by atoms with Gasteiger partial charge in [0.1, 0.15) is 6.10 Å². The van der Waals surface area contributed by atoms with E-state index < -0.39 is 0 Å². The van der Waals surface area contributed by atoms with Crippen molar-refractivity contribution in [2.24, 2.45) is 11.3 Å². The zero-order valence-electron chi connectivity index (χ0n) is 11.9. The number of carbonyl (C=O) groups is 1. The molecule has 17 heavy (non-hydrogen) atoms. The predicted molar refractivity (Wildman–Crippen MR) is 65.9 cm³/mol. The Morgan fingerprint density at radius 1 is 1.47 bits per heavy atom. The molecule has 0 aliphatic heterocycles. The van der Waals surface area contributed by atoms with Gasteiger partial charge in [-0.3, -0.25) is 10.7 Å². The molecule has 0 bridgehead atoms. The molecule has 1 radical (unpaired) electrons. The summed E-state index contributed by atoms with van der Waals surface area (Å²) in [6.07, 6.45) is 4.43. The maximum Gasteiger partial charge on any atom is 0.170 e. The van der Waals surface area contributed by atoms with Crippen LogP contribution in [-0.4, -0.2) is 12.1 Å². The summed E-state index contributed by atoms with van der Waals surface area (Å²) >= 11 is 0. The molecular formula is C14H25O2Y-. The number of rotatable bonds is 3. The summed E-state index contributed by atoms with van der Waals surface area (Å²) in [5, 5.41) is 0. The molecular weight excluding hydrogens is 289 g/mol. The second kappa shape index (κ2) is 7.14. The van der Waals surface area contributed by atoms with Gasteiger partial charge in [0, 0.05) is 38.1 Å². The van der Waals surface area contributed by atoms with Gasteiger partial charge in [-0.1, -0.05) is 34.1 Å². The van der Waals surface area contributed by atoms with Gasteiger partial charge >= 0.3 is 0 Å². The minimum absolute atomic E-state index is 0. The van der Waals surface area contributed by atoms with Gasteiger partial charge in [-0.2, -0.15) is 13.3 Å². The number of ether oxygens (including phenoxy) is 1. The largest absolute Gasteiger partial charge is 0.484 e. The van der Waals surface area contributed by atoms with Crippen LogP contribution in [0.3, 0.4) is 0 Å². The molecule has 0 aromatic heterocycles. The molecule has 0 amide bonds. The van der Waals surface area contributed by atoms with Crippen LogP contribution in [-0.2, 0) is 42.2 Å². The molecule has 1 saturated carbocycles. The molecule has 0 aromatic rings. The molecule has 0 saturated heterocycles. The van der Waals surface area contributed by atoms with Crippen molar-refractivity contribution >= 4 is 5.97 Å². The predicted octanol–water partition coefficient (Wildman–Crippen LogP) is 3.75. The zero-order valence-corrected chi connectivity index (χ0v) is 14.7. The number of carbonyl (C=O) groups excluding carboxylic acids is 1. The molecule has 0 N–H and O–H groups in total.